The molecule has 1 aromatic carbocycles. The summed E-state index contributed by atoms with van der Waals surface area (Å²) >= 11 is 1.29. The third-order valence-electron chi connectivity index (χ3n) is 2.80. The van der Waals surface area contributed by atoms with Crippen LogP contribution < -0.4 is 5.32 Å². The first-order valence-electron chi connectivity index (χ1n) is 6.44. The number of thioether (sulfide) groups is 1. The van der Waals surface area contributed by atoms with Gasteiger partial charge in [-0.3, -0.25) is 4.79 Å². The number of para-hydroxylation sites is 2. The summed E-state index contributed by atoms with van der Waals surface area (Å²) < 4.78 is 5.38. The summed E-state index contributed by atoms with van der Waals surface area (Å²) in [4.78, 5) is 11.8. The number of carbonyl (C=O) groups excluding carboxylic acids is 1. The van der Waals surface area contributed by atoms with Crippen LogP contribution in [0.4, 0.5) is 5.69 Å². The lowest BCUT2D eigenvalue weighted by molar-refractivity contribution is -0.111. The quantitative estimate of drug-likeness (QED) is 0.792. The molecule has 20 heavy (non-hydrogen) atoms. The molecule has 2 rings (SSSR count). The van der Waals surface area contributed by atoms with E-state index in [1.54, 1.807) is 30.5 Å². The number of aromatic hydroxyl groups is 1. The highest BCUT2D eigenvalue weighted by atomic mass is 32.2. The van der Waals surface area contributed by atoms with Crippen LogP contribution in [0.25, 0.3) is 0 Å². The SMILES string of the molecule is CCSC(=O)C[C@H](Nc1ccccc1O)c1ccco1. The highest BCUT2D eigenvalue weighted by Crippen LogP contribution is 2.30. The minimum Gasteiger partial charge on any atom is -0.506 e. The number of phenolic OH excluding ortho intramolecular Hbond substituents is 1. The van der Waals surface area contributed by atoms with Crippen LogP contribution in [0.3, 0.4) is 0 Å². The molecule has 5 heteroatoms. The van der Waals surface area contributed by atoms with Crippen LogP contribution in [0.2, 0.25) is 0 Å². The van der Waals surface area contributed by atoms with Gasteiger partial charge in [-0.2, -0.15) is 0 Å². The maximum atomic E-state index is 11.8. The molecule has 0 unspecified atom stereocenters. The Morgan fingerprint density at radius 3 is 2.80 bits per heavy atom. The summed E-state index contributed by atoms with van der Waals surface area (Å²) in [6.07, 6.45) is 1.88. The molecule has 1 atom stereocenters. The Hall–Kier alpha value is -1.88. The van der Waals surface area contributed by atoms with Crippen LogP contribution in [0.15, 0.2) is 47.1 Å². The van der Waals surface area contributed by atoms with Gasteiger partial charge in [-0.25, -0.2) is 0 Å². The van der Waals surface area contributed by atoms with Crippen molar-refractivity contribution >= 4 is 22.6 Å². The third-order valence-corrected chi connectivity index (χ3v) is 3.57. The first kappa shape index (κ1) is 14.5. The Balaban J connectivity index is 2.15. The smallest absolute Gasteiger partial charge is 0.191 e. The topological polar surface area (TPSA) is 62.5 Å². The van der Waals surface area contributed by atoms with E-state index in [9.17, 15) is 9.90 Å². The van der Waals surface area contributed by atoms with E-state index in [0.717, 1.165) is 5.75 Å². The lowest BCUT2D eigenvalue weighted by Crippen LogP contribution is -2.13. The van der Waals surface area contributed by atoms with E-state index < -0.39 is 0 Å². The lowest BCUT2D eigenvalue weighted by atomic mass is 10.1. The van der Waals surface area contributed by atoms with Crippen molar-refractivity contribution in [1.29, 1.82) is 0 Å². The fraction of sp³-hybridized carbons (Fsp3) is 0.267. The van der Waals surface area contributed by atoms with Crippen molar-refractivity contribution in [2.75, 3.05) is 11.1 Å². The highest BCUT2D eigenvalue weighted by molar-refractivity contribution is 8.13. The van der Waals surface area contributed by atoms with E-state index in [4.69, 9.17) is 4.42 Å². The molecule has 0 fully saturated rings. The van der Waals surface area contributed by atoms with Crippen molar-refractivity contribution in [3.8, 4) is 5.75 Å². The fourth-order valence-electron chi connectivity index (χ4n) is 1.88. The van der Waals surface area contributed by atoms with Crippen LogP contribution in [-0.2, 0) is 4.79 Å². The normalized spacial score (nSPS) is 12.1. The van der Waals surface area contributed by atoms with E-state index in [2.05, 4.69) is 5.32 Å². The Labute approximate surface area is 122 Å². The number of benzene rings is 1. The standard InChI is InChI=1S/C15H17NO3S/c1-2-20-15(18)10-12(14-8-5-9-19-14)16-11-6-3-4-7-13(11)17/h3-9,12,16-17H,2,10H2,1H3/t12-/m0/s1. The van der Waals surface area contributed by atoms with Gasteiger partial charge < -0.3 is 14.8 Å². The molecule has 0 bridgehead atoms. The summed E-state index contributed by atoms with van der Waals surface area (Å²) in [5, 5.41) is 13.1. The van der Waals surface area contributed by atoms with Crippen LogP contribution in [-0.4, -0.2) is 16.0 Å². The second-order valence-corrected chi connectivity index (χ2v) is 5.56. The minimum absolute atomic E-state index is 0.0943. The molecule has 0 aliphatic heterocycles. The van der Waals surface area contributed by atoms with E-state index in [1.807, 2.05) is 19.1 Å². The fourth-order valence-corrected chi connectivity index (χ4v) is 2.49. The summed E-state index contributed by atoms with van der Waals surface area (Å²) in [5.74, 6) is 1.58. The van der Waals surface area contributed by atoms with E-state index in [-0.39, 0.29) is 16.9 Å². The largest absolute Gasteiger partial charge is 0.506 e. The van der Waals surface area contributed by atoms with Gasteiger partial charge in [0.1, 0.15) is 11.5 Å². The number of nitrogens with one attached hydrogen (secondary N) is 1. The predicted molar refractivity (Wildman–Crippen MR) is 80.9 cm³/mol. The summed E-state index contributed by atoms with van der Waals surface area (Å²) in [6.45, 7) is 1.95. The first-order valence-corrected chi connectivity index (χ1v) is 7.42. The number of carbonyl (C=O) groups is 1. The van der Waals surface area contributed by atoms with Gasteiger partial charge in [0.15, 0.2) is 5.12 Å². The van der Waals surface area contributed by atoms with E-state index in [0.29, 0.717) is 17.9 Å². The molecule has 106 valence electrons. The van der Waals surface area contributed by atoms with Crippen molar-refractivity contribution in [2.24, 2.45) is 0 Å². The molecule has 0 aliphatic carbocycles. The van der Waals surface area contributed by atoms with Crippen molar-refractivity contribution < 1.29 is 14.3 Å². The average Bonchev–Trinajstić information content (AvgIpc) is 2.94. The van der Waals surface area contributed by atoms with Crippen LogP contribution >= 0.6 is 11.8 Å². The zero-order valence-electron chi connectivity index (χ0n) is 11.2. The molecule has 2 aromatic rings. The van der Waals surface area contributed by atoms with Crippen LogP contribution in [0.5, 0.6) is 5.75 Å². The summed E-state index contributed by atoms with van der Waals surface area (Å²) in [7, 11) is 0. The van der Waals surface area contributed by atoms with Gasteiger partial charge in [0, 0.05) is 6.42 Å². The van der Waals surface area contributed by atoms with Crippen molar-refractivity contribution in [2.45, 2.75) is 19.4 Å². The molecule has 0 aliphatic rings. The summed E-state index contributed by atoms with van der Waals surface area (Å²) in [5.41, 5.74) is 0.586. The van der Waals surface area contributed by atoms with Gasteiger partial charge in [0.25, 0.3) is 0 Å². The average molecular weight is 291 g/mol. The Bertz CT molecular complexity index is 554. The van der Waals surface area contributed by atoms with Crippen molar-refractivity contribution in [1.82, 2.24) is 0 Å². The maximum Gasteiger partial charge on any atom is 0.191 e. The molecular weight excluding hydrogens is 274 g/mol. The highest BCUT2D eigenvalue weighted by Gasteiger charge is 2.19. The second kappa shape index (κ2) is 7.05. The third kappa shape index (κ3) is 3.81. The van der Waals surface area contributed by atoms with Crippen molar-refractivity contribution in [3.63, 3.8) is 0 Å². The number of phenols is 1. The molecule has 1 aromatic heterocycles. The first-order chi connectivity index (χ1) is 9.70. The molecule has 0 radical (unpaired) electrons. The Kier molecular flexibility index (Phi) is 5.12. The zero-order valence-corrected chi connectivity index (χ0v) is 12.0. The number of rotatable bonds is 6. The molecule has 0 saturated carbocycles. The molecular formula is C15H17NO3S. The van der Waals surface area contributed by atoms with E-state index >= 15 is 0 Å². The van der Waals surface area contributed by atoms with Crippen LogP contribution in [0.1, 0.15) is 25.1 Å². The molecule has 0 spiro atoms. The van der Waals surface area contributed by atoms with Gasteiger partial charge in [-0.05, 0) is 30.0 Å². The lowest BCUT2D eigenvalue weighted by Gasteiger charge is -2.17. The Morgan fingerprint density at radius 2 is 2.15 bits per heavy atom. The molecule has 0 saturated heterocycles. The second-order valence-electron chi connectivity index (χ2n) is 4.24. The van der Waals surface area contributed by atoms with E-state index in [1.165, 1.54) is 11.8 Å². The molecule has 1 heterocycles. The predicted octanol–water partition coefficient (Wildman–Crippen LogP) is 3.81. The van der Waals surface area contributed by atoms with Crippen molar-refractivity contribution in [3.05, 3.63) is 48.4 Å². The van der Waals surface area contributed by atoms with Gasteiger partial charge in [0.05, 0.1) is 18.0 Å². The van der Waals surface area contributed by atoms with Gasteiger partial charge in [0.2, 0.25) is 0 Å². The maximum absolute atomic E-state index is 11.8. The number of furan rings is 1. The van der Waals surface area contributed by atoms with Gasteiger partial charge >= 0.3 is 0 Å². The minimum atomic E-state index is -0.287. The Morgan fingerprint density at radius 1 is 1.35 bits per heavy atom. The number of anilines is 1. The summed E-state index contributed by atoms with van der Waals surface area (Å²) in [6, 6.07) is 10.3. The van der Waals surface area contributed by atoms with Gasteiger partial charge in [-0.1, -0.05) is 30.8 Å². The van der Waals surface area contributed by atoms with Gasteiger partial charge in [-0.15, -0.1) is 0 Å². The molecule has 2 N–H and O–H groups in total. The number of hydrogen-bond donors (Lipinski definition) is 2. The monoisotopic (exact) mass is 291 g/mol. The molecule has 4 nitrogen and oxygen atoms in total. The van der Waals surface area contributed by atoms with Crippen LogP contribution in [0, 0.1) is 0 Å². The number of hydrogen-bond acceptors (Lipinski definition) is 5. The molecule has 0 amide bonds. The zero-order chi connectivity index (χ0) is 14.4.